The Kier molecular flexibility index (Phi) is 4.30. The molecule has 1 atom stereocenters. The molecular weight excluding hydrogens is 334 g/mol. The highest BCUT2D eigenvalue weighted by Crippen LogP contribution is 2.36. The second-order valence-electron chi connectivity index (χ2n) is 6.34. The van der Waals surface area contributed by atoms with Crippen LogP contribution in [0.4, 0.5) is 0 Å². The van der Waals surface area contributed by atoms with Crippen molar-refractivity contribution in [2.45, 2.75) is 19.1 Å². The van der Waals surface area contributed by atoms with Crippen molar-refractivity contribution in [1.29, 1.82) is 0 Å². The lowest BCUT2D eigenvalue weighted by Gasteiger charge is -2.27. The summed E-state index contributed by atoms with van der Waals surface area (Å²) in [7, 11) is 1.84. The molecule has 1 aromatic heterocycles. The summed E-state index contributed by atoms with van der Waals surface area (Å²) in [5.74, 6) is -0.405. The van der Waals surface area contributed by atoms with Gasteiger partial charge in [0.15, 0.2) is 0 Å². The Bertz CT molecular complexity index is 866. The van der Waals surface area contributed by atoms with Gasteiger partial charge in [0.05, 0.1) is 0 Å². The zero-order chi connectivity index (χ0) is 18.1. The van der Waals surface area contributed by atoms with E-state index in [1.165, 1.54) is 0 Å². The summed E-state index contributed by atoms with van der Waals surface area (Å²) < 4.78 is 12.9. The van der Waals surface area contributed by atoms with Gasteiger partial charge in [0.25, 0.3) is 0 Å². The first kappa shape index (κ1) is 16.5. The molecule has 134 valence electrons. The lowest BCUT2D eigenvalue weighted by Crippen LogP contribution is -2.31. The number of esters is 2. The maximum absolute atomic E-state index is 12.1. The Labute approximate surface area is 150 Å². The van der Waals surface area contributed by atoms with Crippen molar-refractivity contribution in [1.82, 2.24) is 14.5 Å². The van der Waals surface area contributed by atoms with Crippen LogP contribution in [-0.2, 0) is 21.4 Å². The van der Waals surface area contributed by atoms with Crippen LogP contribution in [-0.4, -0.2) is 39.5 Å². The van der Waals surface area contributed by atoms with Crippen molar-refractivity contribution < 1.29 is 19.1 Å². The molecule has 26 heavy (non-hydrogen) atoms. The largest absolute Gasteiger partial charge is 0.437 e. The van der Waals surface area contributed by atoms with Gasteiger partial charge in [0.2, 0.25) is 12.1 Å². The van der Waals surface area contributed by atoms with E-state index in [0.29, 0.717) is 11.5 Å². The van der Waals surface area contributed by atoms with Gasteiger partial charge in [-0.05, 0) is 12.8 Å². The smallest absolute Gasteiger partial charge is 0.337 e. The van der Waals surface area contributed by atoms with E-state index in [4.69, 9.17) is 9.47 Å². The third-order valence-electron chi connectivity index (χ3n) is 4.62. The summed E-state index contributed by atoms with van der Waals surface area (Å²) >= 11 is 0. The highest BCUT2D eigenvalue weighted by atomic mass is 16.6. The van der Waals surface area contributed by atoms with Gasteiger partial charge >= 0.3 is 11.9 Å². The van der Waals surface area contributed by atoms with Crippen LogP contribution < -0.4 is 4.74 Å². The van der Waals surface area contributed by atoms with Gasteiger partial charge in [-0.2, -0.15) is 4.98 Å². The molecular formula is C19H19N3O4. The number of fused-ring (bicyclic) bond motifs is 1. The number of imidazole rings is 1. The number of carbonyl (C=O) groups is 2. The molecule has 3 heterocycles. The number of nitrogens with zero attached hydrogens (tertiary/aromatic N) is 3. The third kappa shape index (κ3) is 3.01. The standard InChI is InChI=1S/C19H19N3O4/c1-21-16-18(20-17(21)13-7-3-2-4-8-13)25-14(23)9-10-15(24)26-19(16)22-11-5-6-12-22/h2-4,7-10,19H,5-6,11-12H2,1H3/b10-9+. The molecule has 1 unspecified atom stereocenters. The maximum Gasteiger partial charge on any atom is 0.337 e. The van der Waals surface area contributed by atoms with Gasteiger partial charge in [-0.1, -0.05) is 30.3 Å². The SMILES string of the molecule is Cn1c(-c2ccccc2)nc2c1C(N1CCCC1)OC(=O)/C=C/C(=O)O2. The van der Waals surface area contributed by atoms with Crippen LogP contribution in [0.2, 0.25) is 0 Å². The number of carbonyl (C=O) groups excluding carboxylic acids is 2. The molecule has 0 amide bonds. The molecule has 0 aliphatic carbocycles. The van der Waals surface area contributed by atoms with E-state index in [9.17, 15) is 9.59 Å². The topological polar surface area (TPSA) is 73.7 Å². The zero-order valence-electron chi connectivity index (χ0n) is 14.4. The van der Waals surface area contributed by atoms with Crippen LogP contribution in [0.25, 0.3) is 11.4 Å². The van der Waals surface area contributed by atoms with Crippen molar-refractivity contribution in [3.05, 3.63) is 48.2 Å². The van der Waals surface area contributed by atoms with Crippen molar-refractivity contribution in [3.63, 3.8) is 0 Å². The Balaban J connectivity index is 1.86. The minimum Gasteiger partial charge on any atom is -0.437 e. The van der Waals surface area contributed by atoms with E-state index >= 15 is 0 Å². The number of rotatable bonds is 2. The number of likely N-dealkylation sites (tertiary alicyclic amines) is 1. The van der Waals surface area contributed by atoms with Gasteiger partial charge in [-0.3, -0.25) is 4.90 Å². The first-order valence-corrected chi connectivity index (χ1v) is 8.60. The van der Waals surface area contributed by atoms with Crippen molar-refractivity contribution >= 4 is 11.9 Å². The van der Waals surface area contributed by atoms with E-state index in [2.05, 4.69) is 9.88 Å². The monoisotopic (exact) mass is 353 g/mol. The van der Waals surface area contributed by atoms with E-state index in [0.717, 1.165) is 43.6 Å². The molecule has 0 spiro atoms. The minimum absolute atomic E-state index is 0.174. The molecule has 0 radical (unpaired) electrons. The first-order valence-electron chi connectivity index (χ1n) is 8.60. The van der Waals surface area contributed by atoms with Crippen molar-refractivity contribution in [2.75, 3.05) is 13.1 Å². The number of ether oxygens (including phenoxy) is 2. The number of hydrogen-bond acceptors (Lipinski definition) is 6. The molecule has 7 nitrogen and oxygen atoms in total. The molecule has 2 aliphatic heterocycles. The van der Waals surface area contributed by atoms with Crippen LogP contribution in [0.5, 0.6) is 5.88 Å². The fraction of sp³-hybridized carbons (Fsp3) is 0.316. The molecule has 0 saturated carbocycles. The van der Waals surface area contributed by atoms with E-state index < -0.39 is 18.2 Å². The van der Waals surface area contributed by atoms with Crippen molar-refractivity contribution in [2.24, 2.45) is 7.05 Å². The van der Waals surface area contributed by atoms with Gasteiger partial charge in [0, 0.05) is 37.9 Å². The van der Waals surface area contributed by atoms with Crippen LogP contribution in [0.15, 0.2) is 42.5 Å². The molecule has 1 fully saturated rings. The number of aromatic nitrogens is 2. The second-order valence-corrected chi connectivity index (χ2v) is 6.34. The molecule has 7 heteroatoms. The number of cyclic esters (lactones) is 1. The summed E-state index contributed by atoms with van der Waals surface area (Å²) in [6.45, 7) is 1.61. The molecule has 1 saturated heterocycles. The predicted octanol–water partition coefficient (Wildman–Crippen LogP) is 2.20. The molecule has 0 N–H and O–H groups in total. The highest BCUT2D eigenvalue weighted by molar-refractivity contribution is 5.93. The number of benzene rings is 1. The Morgan fingerprint density at radius 1 is 1.04 bits per heavy atom. The number of hydrogen-bond donors (Lipinski definition) is 0. The summed E-state index contributed by atoms with van der Waals surface area (Å²) in [6, 6.07) is 9.62. The molecule has 2 aromatic rings. The normalized spacial score (nSPS) is 22.0. The Morgan fingerprint density at radius 2 is 1.73 bits per heavy atom. The van der Waals surface area contributed by atoms with Crippen LogP contribution >= 0.6 is 0 Å². The van der Waals surface area contributed by atoms with E-state index in [1.807, 2.05) is 41.9 Å². The third-order valence-corrected chi connectivity index (χ3v) is 4.62. The van der Waals surface area contributed by atoms with Crippen LogP contribution in [0.3, 0.4) is 0 Å². The summed E-state index contributed by atoms with van der Waals surface area (Å²) in [6.07, 6.45) is 3.57. The van der Waals surface area contributed by atoms with Gasteiger partial charge in [-0.15, -0.1) is 0 Å². The lowest BCUT2D eigenvalue weighted by atomic mass is 10.2. The summed E-state index contributed by atoms with van der Waals surface area (Å²) in [5.41, 5.74) is 1.45. The Morgan fingerprint density at radius 3 is 2.46 bits per heavy atom. The van der Waals surface area contributed by atoms with Crippen molar-refractivity contribution in [3.8, 4) is 17.3 Å². The summed E-state index contributed by atoms with van der Waals surface area (Å²) in [5, 5.41) is 0. The van der Waals surface area contributed by atoms with E-state index in [1.54, 1.807) is 0 Å². The quantitative estimate of drug-likeness (QED) is 0.771. The van der Waals surface area contributed by atoms with Crippen LogP contribution in [0, 0.1) is 0 Å². The fourth-order valence-electron chi connectivity index (χ4n) is 3.37. The summed E-state index contributed by atoms with van der Waals surface area (Å²) in [4.78, 5) is 30.7. The van der Waals surface area contributed by atoms with Gasteiger partial charge in [0.1, 0.15) is 11.5 Å². The van der Waals surface area contributed by atoms with Gasteiger partial charge < -0.3 is 14.0 Å². The fourth-order valence-corrected chi connectivity index (χ4v) is 3.37. The highest BCUT2D eigenvalue weighted by Gasteiger charge is 2.35. The first-order chi connectivity index (χ1) is 12.6. The van der Waals surface area contributed by atoms with Gasteiger partial charge in [-0.25, -0.2) is 9.59 Å². The average molecular weight is 353 g/mol. The van der Waals surface area contributed by atoms with Crippen LogP contribution in [0.1, 0.15) is 24.8 Å². The molecule has 2 aliphatic rings. The minimum atomic E-state index is -0.650. The maximum atomic E-state index is 12.1. The second kappa shape index (κ2) is 6.76. The zero-order valence-corrected chi connectivity index (χ0v) is 14.4. The lowest BCUT2D eigenvalue weighted by molar-refractivity contribution is -0.153. The molecule has 4 rings (SSSR count). The molecule has 1 aromatic carbocycles. The van der Waals surface area contributed by atoms with E-state index in [-0.39, 0.29) is 5.88 Å². The average Bonchev–Trinajstić information content (AvgIpc) is 3.28. The molecule has 0 bridgehead atoms. The Hall–Kier alpha value is -2.93. The predicted molar refractivity (Wildman–Crippen MR) is 93.1 cm³/mol.